The van der Waals surface area contributed by atoms with Crippen LogP contribution in [0.5, 0.6) is 0 Å². The Morgan fingerprint density at radius 1 is 1.24 bits per heavy atom. The van der Waals surface area contributed by atoms with Crippen molar-refractivity contribution in [3.8, 4) is 11.4 Å². The maximum Gasteiger partial charge on any atom is 0.133 e. The van der Waals surface area contributed by atoms with E-state index in [9.17, 15) is 0 Å². The molecule has 2 heterocycles. The Kier molecular flexibility index (Phi) is 3.74. The van der Waals surface area contributed by atoms with Crippen LogP contribution in [0.2, 0.25) is 0 Å². The van der Waals surface area contributed by atoms with Crippen molar-refractivity contribution in [3.05, 3.63) is 18.3 Å². The lowest BCUT2D eigenvalue weighted by Crippen LogP contribution is -2.15. The second kappa shape index (κ2) is 5.54. The molecule has 0 bridgehead atoms. The van der Waals surface area contributed by atoms with Crippen LogP contribution in [0.4, 0.5) is 5.82 Å². The zero-order chi connectivity index (χ0) is 15.0. The second-order valence-electron chi connectivity index (χ2n) is 6.39. The largest absolute Gasteiger partial charge is 0.383 e. The first-order chi connectivity index (χ1) is 10.1. The molecule has 114 valence electrons. The molecular weight excluding hydrogens is 262 g/mol. The van der Waals surface area contributed by atoms with Crippen molar-refractivity contribution in [3.63, 3.8) is 0 Å². The van der Waals surface area contributed by atoms with E-state index in [1.807, 2.05) is 17.8 Å². The number of aryl methyl sites for hydroxylation is 1. The molecule has 0 saturated heterocycles. The number of imidazole rings is 2. The lowest BCUT2D eigenvalue weighted by Gasteiger charge is -2.23. The summed E-state index contributed by atoms with van der Waals surface area (Å²) in [4.78, 5) is 9.13. The maximum absolute atomic E-state index is 6.43. The molecule has 3 rings (SSSR count). The van der Waals surface area contributed by atoms with E-state index in [1.165, 1.54) is 37.9 Å². The smallest absolute Gasteiger partial charge is 0.133 e. The van der Waals surface area contributed by atoms with Gasteiger partial charge in [0.05, 0.1) is 18.2 Å². The molecular formula is C16H25N5. The predicted octanol–water partition coefficient (Wildman–Crippen LogP) is 3.49. The molecule has 1 aliphatic rings. The van der Waals surface area contributed by atoms with Crippen molar-refractivity contribution in [2.45, 2.75) is 57.9 Å². The molecule has 0 unspecified atom stereocenters. The van der Waals surface area contributed by atoms with Crippen molar-refractivity contribution in [2.75, 3.05) is 5.73 Å². The number of nitrogens with two attached hydrogens (primary N) is 1. The molecule has 0 spiro atoms. The normalized spacial score (nSPS) is 16.8. The number of aromatic nitrogens is 4. The Balaban J connectivity index is 2.09. The lowest BCUT2D eigenvalue weighted by molar-refractivity contribution is 0.408. The molecule has 1 aliphatic carbocycles. The molecule has 5 nitrogen and oxygen atoms in total. The number of hydrogen-bond donors (Lipinski definition) is 1. The molecule has 1 fully saturated rings. The second-order valence-corrected chi connectivity index (χ2v) is 6.39. The topological polar surface area (TPSA) is 61.7 Å². The van der Waals surface area contributed by atoms with Gasteiger partial charge in [0.25, 0.3) is 0 Å². The van der Waals surface area contributed by atoms with Crippen LogP contribution in [0.1, 0.15) is 63.7 Å². The van der Waals surface area contributed by atoms with Crippen LogP contribution in [-0.4, -0.2) is 19.1 Å². The molecule has 2 aromatic rings. The summed E-state index contributed by atoms with van der Waals surface area (Å²) in [5.41, 5.74) is 8.30. The van der Waals surface area contributed by atoms with E-state index >= 15 is 0 Å². The van der Waals surface area contributed by atoms with Gasteiger partial charge in [0.2, 0.25) is 0 Å². The maximum atomic E-state index is 6.43. The average molecular weight is 287 g/mol. The number of rotatable bonds is 3. The molecule has 21 heavy (non-hydrogen) atoms. The van der Waals surface area contributed by atoms with E-state index in [0.717, 1.165) is 17.2 Å². The van der Waals surface area contributed by atoms with Crippen LogP contribution in [0.25, 0.3) is 11.4 Å². The summed E-state index contributed by atoms with van der Waals surface area (Å²) >= 11 is 0. The van der Waals surface area contributed by atoms with Gasteiger partial charge in [-0.15, -0.1) is 0 Å². The van der Waals surface area contributed by atoms with E-state index in [2.05, 4.69) is 23.4 Å². The molecule has 0 amide bonds. The minimum atomic E-state index is 0.330. The van der Waals surface area contributed by atoms with Crippen LogP contribution in [0.3, 0.4) is 0 Å². The van der Waals surface area contributed by atoms with Crippen molar-refractivity contribution in [1.29, 1.82) is 0 Å². The quantitative estimate of drug-likeness (QED) is 0.940. The molecule has 0 radical (unpaired) electrons. The fourth-order valence-electron chi connectivity index (χ4n) is 3.43. The van der Waals surface area contributed by atoms with Crippen LogP contribution in [0, 0.1) is 0 Å². The van der Waals surface area contributed by atoms with Gasteiger partial charge < -0.3 is 14.9 Å². The Morgan fingerprint density at radius 3 is 2.52 bits per heavy atom. The summed E-state index contributed by atoms with van der Waals surface area (Å²) in [7, 11) is 1.98. The highest BCUT2D eigenvalue weighted by Gasteiger charge is 2.26. The zero-order valence-electron chi connectivity index (χ0n) is 13.2. The summed E-state index contributed by atoms with van der Waals surface area (Å²) in [6.45, 7) is 4.36. The summed E-state index contributed by atoms with van der Waals surface area (Å²) in [5.74, 6) is 2.48. The van der Waals surface area contributed by atoms with Gasteiger partial charge in [-0.05, 0) is 26.7 Å². The van der Waals surface area contributed by atoms with E-state index in [-0.39, 0.29) is 0 Å². The minimum absolute atomic E-state index is 0.330. The summed E-state index contributed by atoms with van der Waals surface area (Å²) in [6, 6.07) is 0.330. The highest BCUT2D eigenvalue weighted by molar-refractivity contribution is 5.68. The third-order valence-corrected chi connectivity index (χ3v) is 4.52. The molecule has 0 aromatic carbocycles. The lowest BCUT2D eigenvalue weighted by atomic mass is 9.88. The number of nitrogen functional groups attached to an aromatic ring is 1. The Morgan fingerprint density at radius 2 is 1.95 bits per heavy atom. The fraction of sp³-hybridized carbons (Fsp3) is 0.625. The summed E-state index contributed by atoms with van der Waals surface area (Å²) in [6.07, 6.45) is 10.1. The standard InChI is InChI=1S/C16H25N5/c1-11(2)21-15(17)14(13-9-18-10-20(13)3)19-16(21)12-7-5-4-6-8-12/h9-12H,4-8,17H2,1-3H3. The van der Waals surface area contributed by atoms with Gasteiger partial charge in [0.1, 0.15) is 17.3 Å². The minimum Gasteiger partial charge on any atom is -0.383 e. The van der Waals surface area contributed by atoms with Gasteiger partial charge >= 0.3 is 0 Å². The van der Waals surface area contributed by atoms with Crippen molar-refractivity contribution in [2.24, 2.45) is 7.05 Å². The van der Waals surface area contributed by atoms with Crippen molar-refractivity contribution >= 4 is 5.82 Å². The number of hydrogen-bond acceptors (Lipinski definition) is 3. The molecule has 5 heteroatoms. The first-order valence-electron chi connectivity index (χ1n) is 7.94. The van der Waals surface area contributed by atoms with Gasteiger partial charge in [0, 0.05) is 19.0 Å². The van der Waals surface area contributed by atoms with E-state index < -0.39 is 0 Å². The monoisotopic (exact) mass is 287 g/mol. The molecule has 2 aromatic heterocycles. The van der Waals surface area contributed by atoms with Gasteiger partial charge in [-0.2, -0.15) is 0 Å². The zero-order valence-corrected chi connectivity index (χ0v) is 13.2. The van der Waals surface area contributed by atoms with Crippen molar-refractivity contribution in [1.82, 2.24) is 19.1 Å². The van der Waals surface area contributed by atoms with Crippen LogP contribution in [0.15, 0.2) is 12.5 Å². The van der Waals surface area contributed by atoms with Gasteiger partial charge in [-0.25, -0.2) is 9.97 Å². The van der Waals surface area contributed by atoms with Crippen LogP contribution < -0.4 is 5.73 Å². The van der Waals surface area contributed by atoms with Gasteiger partial charge in [-0.1, -0.05) is 19.3 Å². The van der Waals surface area contributed by atoms with E-state index in [1.54, 1.807) is 6.33 Å². The fourth-order valence-corrected chi connectivity index (χ4v) is 3.43. The summed E-state index contributed by atoms with van der Waals surface area (Å²) in [5, 5.41) is 0. The predicted molar refractivity (Wildman–Crippen MR) is 85.1 cm³/mol. The van der Waals surface area contributed by atoms with Crippen molar-refractivity contribution < 1.29 is 0 Å². The Labute approximate surface area is 126 Å². The summed E-state index contributed by atoms with van der Waals surface area (Å²) < 4.78 is 4.20. The molecule has 0 atom stereocenters. The Bertz CT molecular complexity index is 617. The van der Waals surface area contributed by atoms with E-state index in [0.29, 0.717) is 12.0 Å². The average Bonchev–Trinajstić information content (AvgIpc) is 3.03. The highest BCUT2D eigenvalue weighted by Crippen LogP contribution is 2.37. The van der Waals surface area contributed by atoms with Gasteiger partial charge in [0.15, 0.2) is 0 Å². The molecule has 0 aliphatic heterocycles. The third kappa shape index (κ3) is 2.45. The first kappa shape index (κ1) is 14.2. The van der Waals surface area contributed by atoms with Crippen LogP contribution in [-0.2, 0) is 7.05 Å². The van der Waals surface area contributed by atoms with Gasteiger partial charge in [-0.3, -0.25) is 0 Å². The Hall–Kier alpha value is -1.78. The number of nitrogens with zero attached hydrogens (tertiary/aromatic N) is 4. The molecule has 2 N–H and O–H groups in total. The molecule has 1 saturated carbocycles. The van der Waals surface area contributed by atoms with Crippen LogP contribution >= 0.6 is 0 Å². The number of anilines is 1. The first-order valence-corrected chi connectivity index (χ1v) is 7.94. The van der Waals surface area contributed by atoms with E-state index in [4.69, 9.17) is 10.7 Å². The third-order valence-electron chi connectivity index (χ3n) is 4.52. The highest BCUT2D eigenvalue weighted by atomic mass is 15.2. The SMILES string of the molecule is CC(C)n1c(C2CCCCC2)nc(-c2cncn2C)c1N.